The van der Waals surface area contributed by atoms with Gasteiger partial charge in [-0.05, 0) is 56.4 Å². The van der Waals surface area contributed by atoms with Crippen molar-refractivity contribution < 1.29 is 28.5 Å². The molecule has 1 aliphatic carbocycles. The number of hydrogen-bond acceptors (Lipinski definition) is 6. The maximum atomic E-state index is 12.0. The second-order valence-corrected chi connectivity index (χ2v) is 10.3. The highest BCUT2D eigenvalue weighted by Crippen LogP contribution is 2.57. The molecule has 10 atom stereocenters. The lowest BCUT2D eigenvalue weighted by molar-refractivity contribution is -0.159. The number of hydrogen-bond donors (Lipinski definition) is 0. The number of esters is 2. The zero-order chi connectivity index (χ0) is 21.8. The molecule has 0 spiro atoms. The Balaban J connectivity index is 1.80. The first-order chi connectivity index (χ1) is 14.1. The van der Waals surface area contributed by atoms with Gasteiger partial charge in [-0.2, -0.15) is 0 Å². The van der Waals surface area contributed by atoms with Crippen molar-refractivity contribution in [2.75, 3.05) is 6.61 Å². The highest BCUT2D eigenvalue weighted by atomic mass is 16.6. The summed E-state index contributed by atoms with van der Waals surface area (Å²) >= 11 is 0. The molecule has 6 heteroatoms. The fourth-order valence-electron chi connectivity index (χ4n) is 6.59. The molecule has 30 heavy (non-hydrogen) atoms. The third-order valence-corrected chi connectivity index (χ3v) is 8.01. The molecule has 2 saturated heterocycles. The molecular formula is C24H36O6. The molecule has 0 N–H and O–H groups in total. The van der Waals surface area contributed by atoms with Crippen LogP contribution in [0.25, 0.3) is 0 Å². The van der Waals surface area contributed by atoms with E-state index in [0.717, 1.165) is 18.4 Å². The van der Waals surface area contributed by atoms with Crippen LogP contribution in [0.2, 0.25) is 0 Å². The van der Waals surface area contributed by atoms with Gasteiger partial charge >= 0.3 is 11.9 Å². The lowest BCUT2D eigenvalue weighted by Crippen LogP contribution is -2.52. The van der Waals surface area contributed by atoms with E-state index in [2.05, 4.69) is 26.8 Å². The van der Waals surface area contributed by atoms with Crippen LogP contribution in [0.1, 0.15) is 60.8 Å². The van der Waals surface area contributed by atoms with E-state index in [1.54, 1.807) is 0 Å². The van der Waals surface area contributed by atoms with Gasteiger partial charge in [0.05, 0.1) is 24.4 Å². The van der Waals surface area contributed by atoms with Gasteiger partial charge in [-0.15, -0.1) is 0 Å². The van der Waals surface area contributed by atoms with Crippen molar-refractivity contribution in [3.8, 4) is 0 Å². The lowest BCUT2D eigenvalue weighted by Gasteiger charge is -2.46. The Morgan fingerprint density at radius 2 is 1.80 bits per heavy atom. The van der Waals surface area contributed by atoms with Crippen molar-refractivity contribution in [3.05, 3.63) is 11.6 Å². The molecule has 0 amide bonds. The smallest absolute Gasteiger partial charge is 0.303 e. The molecule has 3 aliphatic heterocycles. The van der Waals surface area contributed by atoms with Gasteiger partial charge in [-0.3, -0.25) is 9.59 Å². The molecule has 1 saturated carbocycles. The summed E-state index contributed by atoms with van der Waals surface area (Å²) in [5.74, 6) is 1.01. The number of ether oxygens (including phenoxy) is 4. The summed E-state index contributed by atoms with van der Waals surface area (Å²) in [6.45, 7) is 12.3. The maximum absolute atomic E-state index is 12.0. The van der Waals surface area contributed by atoms with Crippen LogP contribution in [-0.4, -0.2) is 48.6 Å². The maximum Gasteiger partial charge on any atom is 0.303 e. The third kappa shape index (κ3) is 3.70. The zero-order valence-electron chi connectivity index (χ0n) is 19.1. The lowest BCUT2D eigenvalue weighted by atomic mass is 9.59. The Morgan fingerprint density at radius 1 is 1.10 bits per heavy atom. The topological polar surface area (TPSA) is 71.1 Å². The molecule has 2 bridgehead atoms. The number of rotatable bonds is 2. The van der Waals surface area contributed by atoms with Gasteiger partial charge in [-0.1, -0.05) is 19.9 Å². The molecule has 0 aromatic heterocycles. The molecule has 0 radical (unpaired) electrons. The number of carbonyl (C=O) groups excluding carboxylic acids is 2. The van der Waals surface area contributed by atoms with Gasteiger partial charge in [-0.25, -0.2) is 0 Å². The third-order valence-electron chi connectivity index (χ3n) is 8.01. The van der Waals surface area contributed by atoms with E-state index in [1.807, 2.05) is 6.92 Å². The fourth-order valence-corrected chi connectivity index (χ4v) is 6.59. The van der Waals surface area contributed by atoms with Crippen molar-refractivity contribution in [3.63, 3.8) is 0 Å². The van der Waals surface area contributed by atoms with E-state index < -0.39 is 5.60 Å². The van der Waals surface area contributed by atoms with Gasteiger partial charge in [0.15, 0.2) is 0 Å². The van der Waals surface area contributed by atoms with Crippen molar-refractivity contribution in [1.82, 2.24) is 0 Å². The summed E-state index contributed by atoms with van der Waals surface area (Å²) in [5.41, 5.74) is 0.543. The van der Waals surface area contributed by atoms with Crippen LogP contribution in [0.5, 0.6) is 0 Å². The first-order valence-corrected chi connectivity index (χ1v) is 11.4. The van der Waals surface area contributed by atoms with Crippen molar-refractivity contribution >= 4 is 11.9 Å². The quantitative estimate of drug-likeness (QED) is 0.501. The monoisotopic (exact) mass is 420 g/mol. The van der Waals surface area contributed by atoms with E-state index >= 15 is 0 Å². The minimum Gasteiger partial charge on any atom is -0.462 e. The Hall–Kier alpha value is -1.40. The van der Waals surface area contributed by atoms with Crippen LogP contribution >= 0.6 is 0 Å². The average molecular weight is 421 g/mol. The molecule has 3 heterocycles. The molecule has 168 valence electrons. The first kappa shape index (κ1) is 21.8. The summed E-state index contributed by atoms with van der Waals surface area (Å²) in [5, 5.41) is 0. The summed E-state index contributed by atoms with van der Waals surface area (Å²) in [6.07, 6.45) is 3.90. The van der Waals surface area contributed by atoms with Crippen LogP contribution in [0, 0.1) is 29.6 Å². The largest absolute Gasteiger partial charge is 0.462 e. The fraction of sp³-hybridized carbons (Fsp3) is 0.833. The van der Waals surface area contributed by atoms with Crippen LogP contribution in [0.15, 0.2) is 11.6 Å². The summed E-state index contributed by atoms with van der Waals surface area (Å²) < 4.78 is 24.8. The highest BCUT2D eigenvalue weighted by Gasteiger charge is 2.62. The van der Waals surface area contributed by atoms with Gasteiger partial charge in [0, 0.05) is 25.7 Å². The zero-order valence-corrected chi connectivity index (χ0v) is 19.1. The van der Waals surface area contributed by atoms with E-state index in [4.69, 9.17) is 18.9 Å². The Morgan fingerprint density at radius 3 is 2.47 bits per heavy atom. The van der Waals surface area contributed by atoms with Crippen molar-refractivity contribution in [2.24, 2.45) is 29.6 Å². The van der Waals surface area contributed by atoms with Gasteiger partial charge in [0.25, 0.3) is 0 Å². The van der Waals surface area contributed by atoms with E-state index in [9.17, 15) is 9.59 Å². The summed E-state index contributed by atoms with van der Waals surface area (Å²) in [7, 11) is 0. The molecule has 0 aromatic rings. The van der Waals surface area contributed by atoms with Crippen LogP contribution in [-0.2, 0) is 28.5 Å². The second-order valence-electron chi connectivity index (χ2n) is 10.3. The summed E-state index contributed by atoms with van der Waals surface area (Å²) in [4.78, 5) is 23.7. The van der Waals surface area contributed by atoms with E-state index in [-0.39, 0.29) is 54.1 Å². The molecule has 4 aliphatic rings. The van der Waals surface area contributed by atoms with Crippen molar-refractivity contribution in [1.29, 1.82) is 0 Å². The van der Waals surface area contributed by atoms with Crippen LogP contribution in [0.4, 0.5) is 0 Å². The minimum atomic E-state index is -0.459. The highest BCUT2D eigenvalue weighted by molar-refractivity contribution is 5.66. The van der Waals surface area contributed by atoms with E-state index in [1.165, 1.54) is 13.8 Å². The molecule has 3 fully saturated rings. The predicted octanol–water partition coefficient (Wildman–Crippen LogP) is 3.67. The average Bonchev–Trinajstić information content (AvgIpc) is 3.01. The minimum absolute atomic E-state index is 0.0619. The van der Waals surface area contributed by atoms with Gasteiger partial charge < -0.3 is 18.9 Å². The SMILES string of the molecule is CC(=O)O[C@H]1[C@@H]2[C@@H]3C(C[C@H]1C)[C@@H](C)CO[C@@]1(C)CC[C@@H](OC(C)=O)/C(C)=C\[C@@H]2O[C@@H]31. The number of carbonyl (C=O) groups is 2. The summed E-state index contributed by atoms with van der Waals surface area (Å²) in [6, 6.07) is 0. The second kappa shape index (κ2) is 7.94. The first-order valence-electron chi connectivity index (χ1n) is 11.4. The van der Waals surface area contributed by atoms with Gasteiger partial charge in [0.2, 0.25) is 0 Å². The van der Waals surface area contributed by atoms with E-state index in [0.29, 0.717) is 24.9 Å². The number of fused-ring (bicyclic) bond motifs is 2. The molecule has 0 aromatic carbocycles. The van der Waals surface area contributed by atoms with Crippen molar-refractivity contribution in [2.45, 2.75) is 90.8 Å². The normalized spacial score (nSPS) is 49.5. The standard InChI is InChI=1S/C24H36O6/c1-12-10-19-21-20-17(9-13(2)22(21)29-16(5)26)14(3)11-27-24(6,23(20)30-19)8-7-18(12)28-15(4)25/h10,13-14,17-23H,7-9,11H2,1-6H3/b12-10-/t13-,14+,17?,18-,19+,20+,21+,22-,23+,24+/m1/s1. The Kier molecular flexibility index (Phi) is 5.77. The molecule has 6 nitrogen and oxygen atoms in total. The Labute approximate surface area is 179 Å². The van der Waals surface area contributed by atoms with Gasteiger partial charge in [0.1, 0.15) is 12.2 Å². The van der Waals surface area contributed by atoms with Crippen LogP contribution < -0.4 is 0 Å². The van der Waals surface area contributed by atoms with Crippen LogP contribution in [0.3, 0.4) is 0 Å². The molecular weight excluding hydrogens is 384 g/mol. The predicted molar refractivity (Wildman–Crippen MR) is 111 cm³/mol. The molecule has 1 unspecified atom stereocenters. The Bertz CT molecular complexity index is 731. The molecule has 4 rings (SSSR count).